The Balaban J connectivity index is 1.66. The number of hydrogen-bond donors (Lipinski definition) is 3. The van der Waals surface area contributed by atoms with E-state index in [4.69, 9.17) is 24.3 Å². The van der Waals surface area contributed by atoms with Crippen LogP contribution in [0.15, 0.2) is 17.1 Å². The third-order valence-electron chi connectivity index (χ3n) is 8.75. The van der Waals surface area contributed by atoms with Crippen molar-refractivity contribution in [2.75, 3.05) is 31.3 Å². The van der Waals surface area contributed by atoms with Crippen molar-refractivity contribution in [1.82, 2.24) is 9.55 Å². The van der Waals surface area contributed by atoms with E-state index in [-0.39, 0.29) is 18.5 Å². The van der Waals surface area contributed by atoms with Crippen molar-refractivity contribution in [3.05, 3.63) is 22.7 Å². The first-order chi connectivity index (χ1) is 24.0. The Kier molecular flexibility index (Phi) is 23.6. The van der Waals surface area contributed by atoms with Gasteiger partial charge in [0.2, 0.25) is 0 Å². The Morgan fingerprint density at radius 2 is 1.50 bits per heavy atom. The van der Waals surface area contributed by atoms with Crippen molar-refractivity contribution in [3.63, 3.8) is 0 Å². The topological polar surface area (TPSA) is 182 Å². The van der Waals surface area contributed by atoms with E-state index in [1.165, 1.54) is 113 Å². The Morgan fingerprint density at radius 3 is 2.14 bits per heavy atom. The van der Waals surface area contributed by atoms with E-state index in [1.807, 2.05) is 11.8 Å². The molecule has 0 bridgehead atoms. The summed E-state index contributed by atoms with van der Waals surface area (Å²) >= 11 is 1.99. The smallest absolute Gasteiger partial charge is 0.383 e. The highest BCUT2D eigenvalue weighted by Crippen LogP contribution is 2.60. The zero-order chi connectivity index (χ0) is 36.7. The van der Waals surface area contributed by atoms with Crippen LogP contribution in [-0.4, -0.2) is 62.4 Å². The molecule has 1 fully saturated rings. The second kappa shape index (κ2) is 26.1. The van der Waals surface area contributed by atoms with Gasteiger partial charge in [-0.1, -0.05) is 104 Å². The van der Waals surface area contributed by atoms with Crippen LogP contribution in [-0.2, 0) is 32.0 Å². The number of rotatable bonds is 31. The third kappa shape index (κ3) is 20.5. The van der Waals surface area contributed by atoms with Gasteiger partial charge in [0.1, 0.15) is 12.0 Å². The first-order valence-electron chi connectivity index (χ1n) is 18.9. The summed E-state index contributed by atoms with van der Waals surface area (Å²) in [7, 11) is -9.85. The minimum Gasteiger partial charge on any atom is -0.383 e. The number of nitrogens with two attached hydrogens (primary N) is 1. The van der Waals surface area contributed by atoms with Crippen LogP contribution in [0, 0.1) is 0 Å². The van der Waals surface area contributed by atoms with Crippen LogP contribution in [0.5, 0.6) is 0 Å². The molecule has 1 saturated heterocycles. The molecule has 1 aromatic heterocycles. The highest BCUT2D eigenvalue weighted by atomic mass is 32.2. The lowest BCUT2D eigenvalue weighted by Gasteiger charge is -2.24. The Morgan fingerprint density at radius 1 is 0.900 bits per heavy atom. The first-order valence-corrected chi connectivity index (χ1v) is 22.9. The highest BCUT2D eigenvalue weighted by Gasteiger charge is 2.37. The normalized spacial score (nSPS) is 20.0. The number of phosphoric ester groups is 2. The van der Waals surface area contributed by atoms with Gasteiger partial charge in [0.05, 0.1) is 25.4 Å². The molecule has 0 spiro atoms. The van der Waals surface area contributed by atoms with E-state index in [9.17, 15) is 23.7 Å². The van der Waals surface area contributed by atoms with E-state index >= 15 is 0 Å². The lowest BCUT2D eigenvalue weighted by Crippen LogP contribution is -2.27. The molecule has 1 aliphatic heterocycles. The number of ether oxygens (including phenoxy) is 2. The maximum absolute atomic E-state index is 12.4. The van der Waals surface area contributed by atoms with E-state index in [1.54, 1.807) is 0 Å². The molecule has 1 aliphatic rings. The fraction of sp³-hybridized carbons (Fsp3) is 0.882. The zero-order valence-electron chi connectivity index (χ0n) is 30.7. The first kappa shape index (κ1) is 45.4. The number of anilines is 1. The van der Waals surface area contributed by atoms with Crippen LogP contribution in [0.4, 0.5) is 5.82 Å². The van der Waals surface area contributed by atoms with Crippen LogP contribution < -0.4 is 11.4 Å². The summed E-state index contributed by atoms with van der Waals surface area (Å²) in [6.07, 6.45) is 21.8. The molecule has 1 aromatic rings. The minimum atomic E-state index is -4.95. The van der Waals surface area contributed by atoms with Gasteiger partial charge in [-0.2, -0.15) is 21.1 Å². The van der Waals surface area contributed by atoms with Gasteiger partial charge in [-0.15, -0.1) is 0 Å². The van der Waals surface area contributed by atoms with Crippen molar-refractivity contribution in [3.8, 4) is 0 Å². The quantitative estimate of drug-likeness (QED) is 0.0481. The fourth-order valence-electron chi connectivity index (χ4n) is 5.86. The van der Waals surface area contributed by atoms with Gasteiger partial charge in [0.15, 0.2) is 0 Å². The largest absolute Gasteiger partial charge is 0.481 e. The Bertz CT molecular complexity index is 1200. The van der Waals surface area contributed by atoms with Gasteiger partial charge in [-0.3, -0.25) is 13.6 Å². The summed E-state index contributed by atoms with van der Waals surface area (Å²) in [5.41, 5.74) is 4.94. The molecule has 4 unspecified atom stereocenters. The molecule has 4 N–H and O–H groups in total. The van der Waals surface area contributed by atoms with Crippen LogP contribution in [0.1, 0.15) is 149 Å². The summed E-state index contributed by atoms with van der Waals surface area (Å²) < 4.78 is 52.1. The number of phosphoric acid groups is 2. The fourth-order valence-corrected chi connectivity index (χ4v) is 9.35. The van der Waals surface area contributed by atoms with E-state index in [0.29, 0.717) is 31.1 Å². The lowest BCUT2D eigenvalue weighted by molar-refractivity contribution is -0.0244. The molecule has 0 saturated carbocycles. The SMILES string of the molecule is CCCCCCCCCCCCSC(CCCCCCC)C(C)OCCCOP(=O)(O)OP(=O)(O)OC[C@@H]1CC[C@H](n2ccc(N)nc2=O)O1. The lowest BCUT2D eigenvalue weighted by atomic mass is 10.1. The predicted octanol–water partition coefficient (Wildman–Crippen LogP) is 8.93. The molecule has 0 aliphatic carbocycles. The number of nitrogen functional groups attached to an aromatic ring is 1. The molecule has 50 heavy (non-hydrogen) atoms. The number of nitrogens with zero attached hydrogens (tertiary/aromatic N) is 2. The standard InChI is InChI=1S/C34H65N3O10P2S/c1-4-6-8-10-11-12-13-14-16-18-27-50-31(20-17-15-9-7-5-2)29(3)43-25-19-26-44-48(39,40)47-49(41,42)45-28-30-21-22-33(46-30)37-24-23-32(35)36-34(37)38/h23-24,29-31,33H,4-22,25-28H2,1-3H3,(H,39,40)(H,41,42)(H2,35,36,38)/t29?,30-,31?,33+/m0/s1. The van der Waals surface area contributed by atoms with E-state index < -0.39 is 40.3 Å². The van der Waals surface area contributed by atoms with Gasteiger partial charge in [-0.25, -0.2) is 13.9 Å². The number of thioether (sulfide) groups is 1. The van der Waals surface area contributed by atoms with Crippen molar-refractivity contribution < 1.29 is 41.7 Å². The van der Waals surface area contributed by atoms with Gasteiger partial charge in [-0.05, 0) is 50.8 Å². The van der Waals surface area contributed by atoms with Crippen molar-refractivity contribution in [2.45, 2.75) is 166 Å². The molecule has 2 heterocycles. The number of aromatic nitrogens is 2. The van der Waals surface area contributed by atoms with Gasteiger partial charge in [0, 0.05) is 18.1 Å². The summed E-state index contributed by atoms with van der Waals surface area (Å²) in [4.78, 5) is 35.8. The molecule has 13 nitrogen and oxygen atoms in total. The monoisotopic (exact) mass is 769 g/mol. The molecule has 6 atom stereocenters. The van der Waals surface area contributed by atoms with Crippen LogP contribution in [0.3, 0.4) is 0 Å². The Labute approximate surface area is 304 Å². The summed E-state index contributed by atoms with van der Waals surface area (Å²) in [6.45, 7) is 6.27. The second-order valence-electron chi connectivity index (χ2n) is 13.2. The Hall–Kier alpha value is -0.790. The average molecular weight is 770 g/mol. The second-order valence-corrected chi connectivity index (χ2v) is 17.6. The average Bonchev–Trinajstić information content (AvgIpc) is 3.53. The summed E-state index contributed by atoms with van der Waals surface area (Å²) in [5, 5.41) is 0.379. The molecular weight excluding hydrogens is 704 g/mol. The van der Waals surface area contributed by atoms with Gasteiger partial charge >= 0.3 is 21.3 Å². The van der Waals surface area contributed by atoms with Crippen molar-refractivity contribution in [1.29, 1.82) is 0 Å². The highest BCUT2D eigenvalue weighted by molar-refractivity contribution is 7.99. The number of hydrogen-bond acceptors (Lipinski definition) is 11. The van der Waals surface area contributed by atoms with Crippen molar-refractivity contribution >= 4 is 33.2 Å². The maximum Gasteiger partial charge on any atom is 0.481 e. The zero-order valence-corrected chi connectivity index (χ0v) is 33.3. The van der Waals surface area contributed by atoms with Crippen LogP contribution in [0.25, 0.3) is 0 Å². The molecule has 0 amide bonds. The minimum absolute atomic E-state index is 0.0184. The van der Waals surface area contributed by atoms with Crippen molar-refractivity contribution in [2.24, 2.45) is 0 Å². The summed E-state index contributed by atoms with van der Waals surface area (Å²) in [6, 6.07) is 1.46. The van der Waals surface area contributed by atoms with Crippen LogP contribution in [0.2, 0.25) is 0 Å². The third-order valence-corrected chi connectivity index (χ3v) is 13.0. The van der Waals surface area contributed by atoms with Gasteiger partial charge in [0.25, 0.3) is 0 Å². The van der Waals surface area contributed by atoms with E-state index in [0.717, 1.165) is 12.2 Å². The molecule has 0 radical (unpaired) electrons. The molecule has 0 aromatic carbocycles. The predicted molar refractivity (Wildman–Crippen MR) is 200 cm³/mol. The van der Waals surface area contributed by atoms with E-state index in [2.05, 4.69) is 30.1 Å². The molecule has 16 heteroatoms. The maximum atomic E-state index is 12.4. The molecule has 2 rings (SSSR count). The van der Waals surface area contributed by atoms with Crippen LogP contribution >= 0.6 is 27.4 Å². The molecule has 292 valence electrons. The van der Waals surface area contributed by atoms with Gasteiger partial charge < -0.3 is 25.0 Å². The molecular formula is C34H65N3O10P2S. The number of unbranched alkanes of at least 4 members (excludes halogenated alkanes) is 13. The summed E-state index contributed by atoms with van der Waals surface area (Å²) in [5.74, 6) is 1.20.